The summed E-state index contributed by atoms with van der Waals surface area (Å²) in [7, 11) is -2.41. The highest BCUT2D eigenvalue weighted by Crippen LogP contribution is 2.19. The first-order chi connectivity index (χ1) is 17.6. The Morgan fingerprint density at radius 2 is 1.73 bits per heavy atom. The highest BCUT2D eigenvalue weighted by atomic mass is 35.5. The first kappa shape index (κ1) is 26.7. The third-order valence-electron chi connectivity index (χ3n) is 6.53. The normalized spacial score (nSPS) is 14.3. The summed E-state index contributed by atoms with van der Waals surface area (Å²) in [6.07, 6.45) is 5.29. The fourth-order valence-electron chi connectivity index (χ4n) is 4.51. The van der Waals surface area contributed by atoms with E-state index in [2.05, 4.69) is 15.4 Å². The fourth-order valence-corrected chi connectivity index (χ4v) is 5.61. The monoisotopic (exact) mass is 544 g/mol. The predicted octanol–water partition coefficient (Wildman–Crippen LogP) is 3.49. The Kier molecular flexibility index (Phi) is 8.19. The van der Waals surface area contributed by atoms with Crippen molar-refractivity contribution in [3.63, 3.8) is 0 Å². The van der Waals surface area contributed by atoms with Crippen molar-refractivity contribution in [2.24, 2.45) is 7.05 Å². The van der Waals surface area contributed by atoms with Crippen LogP contribution in [0, 0.1) is 0 Å². The zero-order valence-corrected chi connectivity index (χ0v) is 22.0. The van der Waals surface area contributed by atoms with E-state index in [0.717, 1.165) is 37.7 Å². The van der Waals surface area contributed by atoms with Crippen LogP contribution in [-0.2, 0) is 23.5 Å². The molecule has 0 saturated heterocycles. The maximum absolute atomic E-state index is 12.7. The molecule has 0 spiro atoms. The molecule has 9 nitrogen and oxygen atoms in total. The molecular weight excluding hydrogens is 516 g/mol. The summed E-state index contributed by atoms with van der Waals surface area (Å²) >= 11 is 6.05. The second-order valence-electron chi connectivity index (χ2n) is 9.19. The molecule has 1 saturated carbocycles. The third kappa shape index (κ3) is 6.50. The van der Waals surface area contributed by atoms with Gasteiger partial charge in [0.1, 0.15) is 5.56 Å². The smallest absolute Gasteiger partial charge is 0.328 e. The molecule has 0 aliphatic heterocycles. The Morgan fingerprint density at radius 1 is 1.03 bits per heavy atom. The van der Waals surface area contributed by atoms with Crippen molar-refractivity contribution in [3.8, 4) is 0 Å². The minimum Gasteiger partial charge on any atom is -0.352 e. The molecule has 37 heavy (non-hydrogen) atoms. The molecule has 0 radical (unpaired) electrons. The van der Waals surface area contributed by atoms with Crippen LogP contribution in [-0.4, -0.2) is 37.5 Å². The molecule has 4 rings (SSSR count). The number of aromatic nitrogens is 1. The van der Waals surface area contributed by atoms with Gasteiger partial charge in [-0.15, -0.1) is 0 Å². The summed E-state index contributed by atoms with van der Waals surface area (Å²) in [6, 6.07) is 12.0. The molecule has 196 valence electrons. The van der Waals surface area contributed by atoms with Gasteiger partial charge in [0.25, 0.3) is 21.5 Å². The number of nitrogens with zero attached hydrogens (tertiary/aromatic N) is 1. The van der Waals surface area contributed by atoms with E-state index in [1.54, 1.807) is 37.4 Å². The molecule has 1 aromatic heterocycles. The number of urea groups is 1. The summed E-state index contributed by atoms with van der Waals surface area (Å²) in [5, 5.41) is 6.65. The molecule has 0 atom stereocenters. The van der Waals surface area contributed by atoms with Crippen LogP contribution in [0.15, 0.2) is 58.2 Å². The van der Waals surface area contributed by atoms with Gasteiger partial charge < -0.3 is 15.2 Å². The summed E-state index contributed by atoms with van der Waals surface area (Å²) in [4.78, 5) is 37.4. The molecule has 1 aliphatic rings. The standard InChI is InChI=1S/C26H29ClN4O5S/c1-31-23-12-9-19(27)15-18(23)16-22(25(31)33)24(32)28-14-13-17-7-10-21(11-8-17)37(35,36)30-26(34)29-20-5-3-2-4-6-20/h7-12,15-16,20H,2-6,13-14H2,1H3,(H,28,32)(H2,29,30,34). The lowest BCUT2D eigenvalue weighted by atomic mass is 9.96. The molecule has 2 aromatic carbocycles. The van der Waals surface area contributed by atoms with Gasteiger partial charge in [-0.05, 0) is 61.2 Å². The highest BCUT2D eigenvalue weighted by molar-refractivity contribution is 7.90. The summed E-state index contributed by atoms with van der Waals surface area (Å²) in [5.74, 6) is -0.505. The molecule has 11 heteroatoms. The van der Waals surface area contributed by atoms with E-state index in [1.165, 1.54) is 22.8 Å². The first-order valence-corrected chi connectivity index (χ1v) is 14.0. The van der Waals surface area contributed by atoms with E-state index in [1.807, 2.05) is 0 Å². The quantitative estimate of drug-likeness (QED) is 0.420. The largest absolute Gasteiger partial charge is 0.352 e. The fraction of sp³-hybridized carbons (Fsp3) is 0.346. The average molecular weight is 545 g/mol. The van der Waals surface area contributed by atoms with Crippen LogP contribution < -0.4 is 20.9 Å². The van der Waals surface area contributed by atoms with E-state index >= 15 is 0 Å². The number of hydrogen-bond acceptors (Lipinski definition) is 5. The van der Waals surface area contributed by atoms with Crippen molar-refractivity contribution in [2.75, 3.05) is 6.54 Å². The zero-order chi connectivity index (χ0) is 26.6. The molecule has 0 unspecified atom stereocenters. The van der Waals surface area contributed by atoms with Gasteiger partial charge >= 0.3 is 6.03 Å². The SMILES string of the molecule is Cn1c(=O)c(C(=O)NCCc2ccc(S(=O)(=O)NC(=O)NC3CCCCC3)cc2)cc2cc(Cl)ccc21. The number of hydrogen-bond donors (Lipinski definition) is 3. The van der Waals surface area contributed by atoms with E-state index in [-0.39, 0.29) is 23.0 Å². The van der Waals surface area contributed by atoms with Gasteiger partial charge in [-0.3, -0.25) is 9.59 Å². The highest BCUT2D eigenvalue weighted by Gasteiger charge is 2.21. The van der Waals surface area contributed by atoms with Gasteiger partial charge in [0.15, 0.2) is 0 Å². The Balaban J connectivity index is 1.33. The first-order valence-electron chi connectivity index (χ1n) is 12.1. The number of sulfonamides is 1. The molecule has 1 heterocycles. The van der Waals surface area contributed by atoms with Crippen LogP contribution >= 0.6 is 11.6 Å². The zero-order valence-electron chi connectivity index (χ0n) is 20.4. The van der Waals surface area contributed by atoms with Crippen LogP contribution in [0.5, 0.6) is 0 Å². The van der Waals surface area contributed by atoms with Crippen LogP contribution in [0.4, 0.5) is 4.79 Å². The summed E-state index contributed by atoms with van der Waals surface area (Å²) in [6.45, 7) is 0.240. The molecule has 3 N–H and O–H groups in total. The number of amides is 3. The third-order valence-corrected chi connectivity index (χ3v) is 8.11. The molecular formula is C26H29ClN4O5S. The van der Waals surface area contributed by atoms with Crippen LogP contribution in [0.25, 0.3) is 10.9 Å². The van der Waals surface area contributed by atoms with Crippen LogP contribution in [0.3, 0.4) is 0 Å². The van der Waals surface area contributed by atoms with Gasteiger partial charge in [0.2, 0.25) is 0 Å². The Bertz CT molecular complexity index is 1480. The van der Waals surface area contributed by atoms with Gasteiger partial charge in [-0.1, -0.05) is 43.0 Å². The lowest BCUT2D eigenvalue weighted by Crippen LogP contribution is -2.45. The van der Waals surface area contributed by atoms with Crippen molar-refractivity contribution >= 4 is 44.5 Å². The average Bonchev–Trinajstić information content (AvgIpc) is 2.86. The van der Waals surface area contributed by atoms with E-state index in [4.69, 9.17) is 11.6 Å². The number of benzene rings is 2. The van der Waals surface area contributed by atoms with Gasteiger partial charge in [-0.25, -0.2) is 17.9 Å². The van der Waals surface area contributed by atoms with Crippen molar-refractivity contribution < 1.29 is 18.0 Å². The number of carbonyl (C=O) groups is 2. The summed E-state index contributed by atoms with van der Waals surface area (Å²) in [5.41, 5.74) is 1.05. The van der Waals surface area contributed by atoms with Gasteiger partial charge in [-0.2, -0.15) is 0 Å². The van der Waals surface area contributed by atoms with Gasteiger partial charge in [0, 0.05) is 30.0 Å². The summed E-state index contributed by atoms with van der Waals surface area (Å²) < 4.78 is 28.6. The Hall–Kier alpha value is -3.37. The lowest BCUT2D eigenvalue weighted by Gasteiger charge is -2.22. The second kappa shape index (κ2) is 11.4. The number of aryl methyl sites for hydroxylation is 1. The van der Waals surface area contributed by atoms with Crippen molar-refractivity contribution in [1.29, 1.82) is 0 Å². The van der Waals surface area contributed by atoms with E-state index < -0.39 is 27.5 Å². The number of halogens is 1. The predicted molar refractivity (Wildman–Crippen MR) is 142 cm³/mol. The lowest BCUT2D eigenvalue weighted by molar-refractivity contribution is 0.0952. The molecule has 3 aromatic rings. The number of carbonyl (C=O) groups excluding carboxylic acids is 2. The van der Waals surface area contributed by atoms with E-state index in [0.29, 0.717) is 22.3 Å². The van der Waals surface area contributed by atoms with Crippen LogP contribution in [0.2, 0.25) is 5.02 Å². The van der Waals surface area contributed by atoms with E-state index in [9.17, 15) is 22.8 Å². The number of fused-ring (bicyclic) bond motifs is 1. The maximum atomic E-state index is 12.7. The topological polar surface area (TPSA) is 126 Å². The van der Waals surface area contributed by atoms with Crippen molar-refractivity contribution in [3.05, 3.63) is 75.0 Å². The molecule has 3 amide bonds. The number of rotatable bonds is 7. The van der Waals surface area contributed by atoms with Gasteiger partial charge in [0.05, 0.1) is 10.4 Å². The Labute approximate surface area is 220 Å². The minimum absolute atomic E-state index is 0.00542. The molecule has 1 fully saturated rings. The van der Waals surface area contributed by atoms with Crippen LogP contribution in [0.1, 0.15) is 48.0 Å². The Morgan fingerprint density at radius 3 is 2.43 bits per heavy atom. The molecule has 1 aliphatic carbocycles. The second-order valence-corrected chi connectivity index (χ2v) is 11.3. The van der Waals surface area contributed by atoms with Crippen molar-refractivity contribution in [2.45, 2.75) is 49.5 Å². The molecule has 0 bridgehead atoms. The maximum Gasteiger partial charge on any atom is 0.328 e. The number of pyridine rings is 1. The number of nitrogens with one attached hydrogen (secondary N) is 3. The van der Waals surface area contributed by atoms with Crippen molar-refractivity contribution in [1.82, 2.24) is 19.9 Å². The minimum atomic E-state index is -4.01.